The number of nitrogens with zero attached hydrogens (tertiary/aromatic N) is 2. The summed E-state index contributed by atoms with van der Waals surface area (Å²) < 4.78 is 0. The summed E-state index contributed by atoms with van der Waals surface area (Å²) in [6.07, 6.45) is 1.41. The summed E-state index contributed by atoms with van der Waals surface area (Å²) in [4.78, 5) is 14.6. The molecule has 0 radical (unpaired) electrons. The number of rotatable bonds is 2. The summed E-state index contributed by atoms with van der Waals surface area (Å²) in [5.74, 6) is 4.81. The molecule has 0 aliphatic rings. The third-order valence-electron chi connectivity index (χ3n) is 1.26. The number of carbonyl (C=O) groups is 1. The highest BCUT2D eigenvalue weighted by molar-refractivity contribution is 5.94. The molecule has 0 spiro atoms. The lowest BCUT2D eigenvalue weighted by atomic mass is 10.2. The van der Waals surface area contributed by atoms with Crippen LogP contribution in [0.15, 0.2) is 23.4 Å². The Labute approximate surface area is 68.3 Å². The van der Waals surface area contributed by atoms with Crippen LogP contribution in [0.25, 0.3) is 0 Å². The van der Waals surface area contributed by atoms with Crippen molar-refractivity contribution in [3.63, 3.8) is 0 Å². The monoisotopic (exact) mass is 165 g/mol. The van der Waals surface area contributed by atoms with E-state index in [2.05, 4.69) is 15.5 Å². The first-order valence-electron chi connectivity index (χ1n) is 3.12. The number of hydrogen-bond donors (Lipinski definition) is 3. The Morgan fingerprint density at radius 1 is 1.75 bits per heavy atom. The van der Waals surface area contributed by atoms with Gasteiger partial charge in [-0.1, -0.05) is 0 Å². The zero-order valence-corrected chi connectivity index (χ0v) is 6.11. The normalized spacial score (nSPS) is 9.08. The van der Waals surface area contributed by atoms with Gasteiger partial charge in [-0.25, -0.2) is 16.4 Å². The van der Waals surface area contributed by atoms with Gasteiger partial charge in [0.2, 0.25) is 0 Å². The van der Waals surface area contributed by atoms with Gasteiger partial charge in [-0.05, 0) is 12.1 Å². The molecule has 0 fully saturated rings. The summed E-state index contributed by atoms with van der Waals surface area (Å²) >= 11 is 0. The number of carbonyl (C=O) groups excluding carboxylic acids is 1. The smallest absolute Gasteiger partial charge is 0.295 e. The lowest BCUT2D eigenvalue weighted by molar-refractivity contribution is 0.0991. The number of anilines is 1. The SMILES string of the molecule is N=NC(=O)c1ccnc(NN)c1. The van der Waals surface area contributed by atoms with Crippen molar-refractivity contribution in [2.24, 2.45) is 11.0 Å². The molecule has 12 heavy (non-hydrogen) atoms. The Balaban J connectivity index is 3.01. The third-order valence-corrected chi connectivity index (χ3v) is 1.26. The number of amides is 1. The van der Waals surface area contributed by atoms with Crippen molar-refractivity contribution in [1.82, 2.24) is 4.98 Å². The molecular weight excluding hydrogens is 158 g/mol. The molecule has 0 bridgehead atoms. The van der Waals surface area contributed by atoms with Crippen LogP contribution in [-0.4, -0.2) is 10.9 Å². The van der Waals surface area contributed by atoms with Crippen molar-refractivity contribution in [2.75, 3.05) is 5.43 Å². The van der Waals surface area contributed by atoms with E-state index in [1.807, 2.05) is 0 Å². The Bertz CT molecular complexity index is 311. The number of hydrogen-bond acceptors (Lipinski definition) is 5. The fraction of sp³-hybridized carbons (Fsp3) is 0. The van der Waals surface area contributed by atoms with Gasteiger partial charge in [0.05, 0.1) is 0 Å². The van der Waals surface area contributed by atoms with Crippen LogP contribution in [0.4, 0.5) is 5.82 Å². The zero-order valence-electron chi connectivity index (χ0n) is 6.11. The van der Waals surface area contributed by atoms with Crippen molar-refractivity contribution in [3.8, 4) is 0 Å². The summed E-state index contributed by atoms with van der Waals surface area (Å²) in [5, 5.41) is 2.75. The summed E-state index contributed by atoms with van der Waals surface area (Å²) in [5.41, 5.74) is 9.04. The first-order valence-corrected chi connectivity index (χ1v) is 3.12. The Hall–Kier alpha value is -1.82. The molecule has 4 N–H and O–H groups in total. The molecule has 0 saturated heterocycles. The predicted octanol–water partition coefficient (Wildman–Crippen LogP) is 0.538. The predicted molar refractivity (Wildman–Crippen MR) is 41.5 cm³/mol. The molecule has 6 heteroatoms. The minimum Gasteiger partial charge on any atom is -0.308 e. The second kappa shape index (κ2) is 3.54. The molecule has 0 aliphatic heterocycles. The average Bonchev–Trinajstić information content (AvgIpc) is 2.17. The largest absolute Gasteiger partial charge is 0.308 e. The molecule has 0 aromatic carbocycles. The van der Waals surface area contributed by atoms with Crippen LogP contribution < -0.4 is 11.3 Å². The Morgan fingerprint density at radius 3 is 3.08 bits per heavy atom. The van der Waals surface area contributed by atoms with E-state index in [1.54, 1.807) is 0 Å². The first-order chi connectivity index (χ1) is 5.77. The van der Waals surface area contributed by atoms with E-state index in [0.717, 1.165) is 0 Å². The average molecular weight is 165 g/mol. The molecule has 0 aliphatic carbocycles. The van der Waals surface area contributed by atoms with Crippen LogP contribution in [-0.2, 0) is 0 Å². The molecule has 0 unspecified atom stereocenters. The molecule has 6 nitrogen and oxygen atoms in total. The van der Waals surface area contributed by atoms with Crippen LogP contribution in [0.3, 0.4) is 0 Å². The van der Waals surface area contributed by atoms with Crippen LogP contribution >= 0.6 is 0 Å². The van der Waals surface area contributed by atoms with Crippen molar-refractivity contribution >= 4 is 11.7 Å². The van der Waals surface area contributed by atoms with Gasteiger partial charge in [-0.3, -0.25) is 4.79 Å². The fourth-order valence-corrected chi connectivity index (χ4v) is 0.707. The van der Waals surface area contributed by atoms with Gasteiger partial charge in [-0.2, -0.15) is 0 Å². The first kappa shape index (κ1) is 8.28. The van der Waals surface area contributed by atoms with E-state index in [0.29, 0.717) is 5.82 Å². The number of nitrogens with two attached hydrogens (primary N) is 1. The standard InChI is InChI=1S/C6H7N5O/c7-10-5-3-4(1-2-9-5)6(12)11-8/h1-3,8H,7H2,(H,9,10). The quantitative estimate of drug-likeness (QED) is 0.338. The number of aromatic nitrogens is 1. The lowest BCUT2D eigenvalue weighted by Crippen LogP contribution is -2.09. The molecule has 1 amide bonds. The lowest BCUT2D eigenvalue weighted by Gasteiger charge is -1.98. The highest BCUT2D eigenvalue weighted by Gasteiger charge is 2.03. The molecular formula is C6H7N5O. The minimum atomic E-state index is -0.617. The fourth-order valence-electron chi connectivity index (χ4n) is 0.707. The summed E-state index contributed by atoms with van der Waals surface area (Å²) in [7, 11) is 0. The molecule has 1 rings (SSSR count). The molecule has 62 valence electrons. The van der Waals surface area contributed by atoms with Crippen LogP contribution in [0.2, 0.25) is 0 Å². The van der Waals surface area contributed by atoms with E-state index in [4.69, 9.17) is 11.4 Å². The van der Waals surface area contributed by atoms with E-state index in [-0.39, 0.29) is 5.56 Å². The molecule has 0 atom stereocenters. The second-order valence-electron chi connectivity index (χ2n) is 1.99. The number of hydrazine groups is 1. The van der Waals surface area contributed by atoms with Crippen molar-refractivity contribution in [2.45, 2.75) is 0 Å². The van der Waals surface area contributed by atoms with Crippen LogP contribution in [0.1, 0.15) is 10.4 Å². The minimum absolute atomic E-state index is 0.285. The maximum absolute atomic E-state index is 10.8. The highest BCUT2D eigenvalue weighted by atomic mass is 16.1. The van der Waals surface area contributed by atoms with Crippen molar-refractivity contribution < 1.29 is 4.79 Å². The van der Waals surface area contributed by atoms with Gasteiger partial charge in [0.25, 0.3) is 5.91 Å². The summed E-state index contributed by atoms with van der Waals surface area (Å²) in [6, 6.07) is 2.88. The van der Waals surface area contributed by atoms with Gasteiger partial charge < -0.3 is 5.43 Å². The molecule has 1 heterocycles. The number of nitrogens with one attached hydrogen (secondary N) is 2. The van der Waals surface area contributed by atoms with Gasteiger partial charge in [-0.15, -0.1) is 5.11 Å². The third kappa shape index (κ3) is 1.61. The van der Waals surface area contributed by atoms with E-state index >= 15 is 0 Å². The maximum Gasteiger partial charge on any atom is 0.295 e. The van der Waals surface area contributed by atoms with Gasteiger partial charge in [0.1, 0.15) is 5.82 Å². The Kier molecular flexibility index (Phi) is 2.44. The topological polar surface area (TPSA) is 104 Å². The molecule has 0 saturated carbocycles. The van der Waals surface area contributed by atoms with E-state index in [9.17, 15) is 4.79 Å². The van der Waals surface area contributed by atoms with Gasteiger partial charge in [0.15, 0.2) is 0 Å². The van der Waals surface area contributed by atoms with E-state index < -0.39 is 5.91 Å². The second-order valence-corrected chi connectivity index (χ2v) is 1.99. The number of nitrogen functional groups attached to an aromatic ring is 1. The van der Waals surface area contributed by atoms with Gasteiger partial charge in [0, 0.05) is 11.8 Å². The van der Waals surface area contributed by atoms with Gasteiger partial charge >= 0.3 is 0 Å². The molecule has 1 aromatic heterocycles. The van der Waals surface area contributed by atoms with Crippen LogP contribution in [0.5, 0.6) is 0 Å². The number of pyridine rings is 1. The zero-order chi connectivity index (χ0) is 8.97. The molecule has 1 aromatic rings. The van der Waals surface area contributed by atoms with E-state index in [1.165, 1.54) is 18.3 Å². The van der Waals surface area contributed by atoms with Crippen molar-refractivity contribution in [3.05, 3.63) is 23.9 Å². The maximum atomic E-state index is 10.8. The highest BCUT2D eigenvalue weighted by Crippen LogP contribution is 2.06. The van der Waals surface area contributed by atoms with Crippen LogP contribution in [0, 0.1) is 5.53 Å². The summed E-state index contributed by atoms with van der Waals surface area (Å²) in [6.45, 7) is 0. The Morgan fingerprint density at radius 2 is 2.50 bits per heavy atom. The van der Waals surface area contributed by atoms with Crippen molar-refractivity contribution in [1.29, 1.82) is 5.53 Å².